The van der Waals surface area contributed by atoms with E-state index in [-0.39, 0.29) is 5.91 Å². The summed E-state index contributed by atoms with van der Waals surface area (Å²) >= 11 is 3.48. The first-order valence-electron chi connectivity index (χ1n) is 7.96. The Morgan fingerprint density at radius 2 is 2.22 bits per heavy atom. The number of aromatic nitrogens is 1. The van der Waals surface area contributed by atoms with E-state index in [0.717, 1.165) is 35.1 Å². The maximum absolute atomic E-state index is 12.4. The Bertz CT molecular complexity index is 710. The van der Waals surface area contributed by atoms with Crippen molar-refractivity contribution in [3.63, 3.8) is 0 Å². The smallest absolute Gasteiger partial charge is 0.238 e. The highest BCUT2D eigenvalue weighted by Crippen LogP contribution is 2.31. The van der Waals surface area contributed by atoms with Crippen LogP contribution in [0.15, 0.2) is 41.0 Å². The maximum atomic E-state index is 12.4. The van der Waals surface area contributed by atoms with E-state index < -0.39 is 0 Å². The second-order valence-corrected chi connectivity index (χ2v) is 7.04. The largest absolute Gasteiger partial charge is 0.353 e. The van der Waals surface area contributed by atoms with Crippen LogP contribution in [0.4, 0.5) is 5.69 Å². The van der Waals surface area contributed by atoms with Crippen LogP contribution in [0.3, 0.4) is 0 Å². The molecular formula is C18H22BrN3O. The Labute approximate surface area is 145 Å². The lowest BCUT2D eigenvalue weighted by Crippen LogP contribution is -2.33. The molecule has 1 aromatic carbocycles. The van der Waals surface area contributed by atoms with Gasteiger partial charge in [-0.25, -0.2) is 0 Å². The van der Waals surface area contributed by atoms with E-state index in [9.17, 15) is 4.79 Å². The van der Waals surface area contributed by atoms with Crippen molar-refractivity contribution in [3.05, 3.63) is 52.3 Å². The Hall–Kier alpha value is -1.59. The average molecular weight is 376 g/mol. The lowest BCUT2D eigenvalue weighted by Gasteiger charge is -2.24. The van der Waals surface area contributed by atoms with Crippen molar-refractivity contribution in [3.8, 4) is 0 Å². The molecule has 1 amide bonds. The van der Waals surface area contributed by atoms with Crippen LogP contribution in [0.5, 0.6) is 0 Å². The van der Waals surface area contributed by atoms with Gasteiger partial charge in [-0.3, -0.25) is 9.69 Å². The minimum atomic E-state index is 0.0489. The number of carbonyl (C=O) groups excluding carboxylic acids is 1. The van der Waals surface area contributed by atoms with Gasteiger partial charge in [0, 0.05) is 29.1 Å². The summed E-state index contributed by atoms with van der Waals surface area (Å²) in [5.74, 6) is 0.0489. The molecule has 23 heavy (non-hydrogen) atoms. The predicted molar refractivity (Wildman–Crippen MR) is 96.5 cm³/mol. The van der Waals surface area contributed by atoms with Crippen LogP contribution in [-0.2, 0) is 11.8 Å². The van der Waals surface area contributed by atoms with E-state index in [1.807, 2.05) is 25.1 Å². The number of nitrogens with zero attached hydrogens (tertiary/aromatic N) is 2. The third-order valence-corrected chi connectivity index (χ3v) is 5.37. The molecule has 1 atom stereocenters. The molecule has 0 spiro atoms. The first-order chi connectivity index (χ1) is 11.0. The SMILES string of the molecule is Cc1cc(NC(=O)CN2CCC[C@H]2c2cccn2C)ccc1Br. The fourth-order valence-corrected chi connectivity index (χ4v) is 3.52. The summed E-state index contributed by atoms with van der Waals surface area (Å²) in [7, 11) is 2.07. The number of aryl methyl sites for hydroxylation is 2. The van der Waals surface area contributed by atoms with Crippen LogP contribution in [-0.4, -0.2) is 28.5 Å². The zero-order valence-corrected chi connectivity index (χ0v) is 15.1. The third-order valence-electron chi connectivity index (χ3n) is 4.48. The summed E-state index contributed by atoms with van der Waals surface area (Å²) in [6.07, 6.45) is 4.32. The van der Waals surface area contributed by atoms with Crippen molar-refractivity contribution in [1.29, 1.82) is 0 Å². The fraction of sp³-hybridized carbons (Fsp3) is 0.389. The molecule has 2 aromatic rings. The number of anilines is 1. The van der Waals surface area contributed by atoms with E-state index in [1.165, 1.54) is 5.69 Å². The molecule has 1 fully saturated rings. The Kier molecular flexibility index (Phi) is 4.87. The van der Waals surface area contributed by atoms with Crippen LogP contribution < -0.4 is 5.32 Å². The molecule has 0 bridgehead atoms. The Morgan fingerprint density at radius 3 is 2.91 bits per heavy atom. The van der Waals surface area contributed by atoms with Crippen molar-refractivity contribution >= 4 is 27.5 Å². The summed E-state index contributed by atoms with van der Waals surface area (Å²) < 4.78 is 3.21. The molecule has 4 nitrogen and oxygen atoms in total. The molecule has 2 heterocycles. The normalized spacial score (nSPS) is 18.3. The van der Waals surface area contributed by atoms with E-state index in [0.29, 0.717) is 12.6 Å². The summed E-state index contributed by atoms with van der Waals surface area (Å²) in [6, 6.07) is 10.4. The molecule has 1 aliphatic heterocycles. The summed E-state index contributed by atoms with van der Waals surface area (Å²) in [5.41, 5.74) is 3.26. The van der Waals surface area contributed by atoms with E-state index in [2.05, 4.69) is 56.1 Å². The van der Waals surface area contributed by atoms with E-state index in [4.69, 9.17) is 0 Å². The number of rotatable bonds is 4. The van der Waals surface area contributed by atoms with Gasteiger partial charge in [0.15, 0.2) is 0 Å². The van der Waals surface area contributed by atoms with E-state index in [1.54, 1.807) is 0 Å². The monoisotopic (exact) mass is 375 g/mol. The summed E-state index contributed by atoms with van der Waals surface area (Å²) in [5, 5.41) is 3.01. The van der Waals surface area contributed by atoms with Gasteiger partial charge in [-0.1, -0.05) is 15.9 Å². The summed E-state index contributed by atoms with van der Waals surface area (Å²) in [4.78, 5) is 14.7. The van der Waals surface area contributed by atoms with Gasteiger partial charge < -0.3 is 9.88 Å². The lowest BCUT2D eigenvalue weighted by atomic mass is 10.1. The molecular weight excluding hydrogens is 354 g/mol. The zero-order chi connectivity index (χ0) is 16.4. The standard InChI is InChI=1S/C18H22BrN3O/c1-13-11-14(7-8-15(13)19)20-18(23)12-22-10-4-6-17(22)16-5-3-9-21(16)2/h3,5,7-9,11,17H,4,6,10,12H2,1-2H3,(H,20,23)/t17-/m0/s1. The number of carbonyl (C=O) groups is 1. The van der Waals surface area contributed by atoms with Gasteiger partial charge in [-0.05, 0) is 62.2 Å². The molecule has 1 aromatic heterocycles. The number of amides is 1. The predicted octanol–water partition coefficient (Wildman–Crippen LogP) is 3.87. The highest BCUT2D eigenvalue weighted by molar-refractivity contribution is 9.10. The molecule has 122 valence electrons. The van der Waals surface area contributed by atoms with Crippen LogP contribution in [0.2, 0.25) is 0 Å². The van der Waals surface area contributed by atoms with Crippen LogP contribution in [0.25, 0.3) is 0 Å². The molecule has 1 aliphatic rings. The number of hydrogen-bond acceptors (Lipinski definition) is 2. The number of nitrogens with one attached hydrogen (secondary N) is 1. The van der Waals surface area contributed by atoms with Gasteiger partial charge in [0.05, 0.1) is 12.6 Å². The molecule has 1 N–H and O–H groups in total. The van der Waals surface area contributed by atoms with Gasteiger partial charge >= 0.3 is 0 Å². The van der Waals surface area contributed by atoms with Gasteiger partial charge in [0.2, 0.25) is 5.91 Å². The van der Waals surface area contributed by atoms with Crippen molar-refractivity contribution in [2.45, 2.75) is 25.8 Å². The maximum Gasteiger partial charge on any atom is 0.238 e. The van der Waals surface area contributed by atoms with Gasteiger partial charge in [-0.15, -0.1) is 0 Å². The lowest BCUT2D eigenvalue weighted by molar-refractivity contribution is -0.117. The van der Waals surface area contributed by atoms with Crippen molar-refractivity contribution < 1.29 is 4.79 Å². The Balaban J connectivity index is 1.65. The van der Waals surface area contributed by atoms with E-state index >= 15 is 0 Å². The Morgan fingerprint density at radius 1 is 1.39 bits per heavy atom. The number of hydrogen-bond donors (Lipinski definition) is 1. The molecule has 0 aliphatic carbocycles. The van der Waals surface area contributed by atoms with Crippen molar-refractivity contribution in [1.82, 2.24) is 9.47 Å². The minimum Gasteiger partial charge on any atom is -0.353 e. The fourth-order valence-electron chi connectivity index (χ4n) is 3.28. The van der Waals surface area contributed by atoms with Crippen molar-refractivity contribution in [2.75, 3.05) is 18.4 Å². The van der Waals surface area contributed by atoms with Gasteiger partial charge in [0.1, 0.15) is 0 Å². The minimum absolute atomic E-state index is 0.0489. The molecule has 0 unspecified atom stereocenters. The molecule has 5 heteroatoms. The van der Waals surface area contributed by atoms with Crippen LogP contribution in [0, 0.1) is 6.92 Å². The first-order valence-corrected chi connectivity index (χ1v) is 8.75. The summed E-state index contributed by atoms with van der Waals surface area (Å²) in [6.45, 7) is 3.43. The zero-order valence-electron chi connectivity index (χ0n) is 13.6. The number of benzene rings is 1. The topological polar surface area (TPSA) is 37.3 Å². The molecule has 0 saturated carbocycles. The quantitative estimate of drug-likeness (QED) is 0.880. The highest BCUT2D eigenvalue weighted by Gasteiger charge is 2.28. The number of halogens is 1. The third kappa shape index (κ3) is 3.67. The first kappa shape index (κ1) is 16.3. The van der Waals surface area contributed by atoms with Crippen LogP contribution >= 0.6 is 15.9 Å². The van der Waals surface area contributed by atoms with Crippen LogP contribution in [0.1, 0.15) is 30.1 Å². The highest BCUT2D eigenvalue weighted by atomic mass is 79.9. The average Bonchev–Trinajstić information content (AvgIpc) is 3.11. The van der Waals surface area contributed by atoms with Gasteiger partial charge in [0.25, 0.3) is 0 Å². The second kappa shape index (κ2) is 6.89. The molecule has 1 saturated heterocycles. The van der Waals surface area contributed by atoms with Gasteiger partial charge in [-0.2, -0.15) is 0 Å². The number of likely N-dealkylation sites (tertiary alicyclic amines) is 1. The molecule has 3 rings (SSSR count). The molecule has 0 radical (unpaired) electrons. The van der Waals surface area contributed by atoms with Crippen molar-refractivity contribution in [2.24, 2.45) is 7.05 Å². The second-order valence-electron chi connectivity index (χ2n) is 6.18.